The van der Waals surface area contributed by atoms with Crippen LogP contribution in [0.2, 0.25) is 0 Å². The second kappa shape index (κ2) is 4.60. The minimum atomic E-state index is -3.76. The van der Waals surface area contributed by atoms with E-state index >= 15 is 0 Å². The fourth-order valence-electron chi connectivity index (χ4n) is 1.01. The van der Waals surface area contributed by atoms with Crippen LogP contribution in [0.3, 0.4) is 0 Å². The maximum atomic E-state index is 11.3. The van der Waals surface area contributed by atoms with Crippen molar-refractivity contribution in [3.8, 4) is 0 Å². The number of amides is 1. The van der Waals surface area contributed by atoms with Crippen LogP contribution >= 0.6 is 0 Å². The number of primary sulfonamides is 1. The summed E-state index contributed by atoms with van der Waals surface area (Å²) >= 11 is 0. The normalized spacial score (nSPS) is 13.2. The molecule has 0 saturated heterocycles. The Morgan fingerprint density at radius 3 is 2.56 bits per heavy atom. The standard InChI is InChI=1S/C9H13N3O3S/c1-6(10)9(13)12-7-3-2-4-8(5-7)16(11,14)15/h2-6H,10H2,1H3,(H,12,13)(H2,11,14,15)/t6-/m0/s1. The van der Waals surface area contributed by atoms with Crippen molar-refractivity contribution in [2.24, 2.45) is 10.9 Å². The molecule has 1 atom stereocenters. The van der Waals surface area contributed by atoms with Crippen LogP contribution in [0.5, 0.6) is 0 Å². The quantitative estimate of drug-likeness (QED) is 0.671. The molecule has 1 amide bonds. The third-order valence-corrected chi connectivity index (χ3v) is 2.75. The molecule has 0 fully saturated rings. The van der Waals surface area contributed by atoms with Crippen LogP contribution in [-0.2, 0) is 14.8 Å². The van der Waals surface area contributed by atoms with Gasteiger partial charge in [0, 0.05) is 5.69 Å². The molecule has 0 aromatic heterocycles. The number of nitrogens with two attached hydrogens (primary N) is 2. The molecule has 7 heteroatoms. The van der Waals surface area contributed by atoms with Gasteiger partial charge in [-0.1, -0.05) is 6.07 Å². The number of nitrogens with one attached hydrogen (secondary N) is 1. The van der Waals surface area contributed by atoms with Gasteiger partial charge in [0.1, 0.15) is 0 Å². The molecule has 0 unspecified atom stereocenters. The fourth-order valence-corrected chi connectivity index (χ4v) is 1.57. The molecule has 88 valence electrons. The lowest BCUT2D eigenvalue weighted by Crippen LogP contribution is -2.32. The molecule has 0 heterocycles. The molecule has 6 nitrogen and oxygen atoms in total. The molecule has 16 heavy (non-hydrogen) atoms. The highest BCUT2D eigenvalue weighted by atomic mass is 32.2. The second-order valence-corrected chi connectivity index (χ2v) is 4.91. The summed E-state index contributed by atoms with van der Waals surface area (Å²) < 4.78 is 22.1. The average Bonchev–Trinajstić information content (AvgIpc) is 2.16. The lowest BCUT2D eigenvalue weighted by Gasteiger charge is -2.08. The maximum absolute atomic E-state index is 11.3. The first-order chi connectivity index (χ1) is 7.30. The number of carbonyl (C=O) groups excluding carboxylic acids is 1. The zero-order chi connectivity index (χ0) is 12.3. The Bertz CT molecular complexity index is 496. The first-order valence-corrected chi connectivity index (χ1v) is 6.04. The van der Waals surface area contributed by atoms with Crippen LogP contribution in [0, 0.1) is 0 Å². The number of rotatable bonds is 3. The molecule has 0 bridgehead atoms. The molecule has 1 rings (SSSR count). The molecule has 0 spiro atoms. The van der Waals surface area contributed by atoms with E-state index in [4.69, 9.17) is 10.9 Å². The van der Waals surface area contributed by atoms with Gasteiger partial charge in [0.2, 0.25) is 15.9 Å². The van der Waals surface area contributed by atoms with E-state index in [1.54, 1.807) is 6.07 Å². The number of benzene rings is 1. The van der Waals surface area contributed by atoms with Gasteiger partial charge in [0.25, 0.3) is 0 Å². The molecule has 0 radical (unpaired) electrons. The highest BCUT2D eigenvalue weighted by Gasteiger charge is 2.11. The number of carbonyl (C=O) groups is 1. The minimum Gasteiger partial charge on any atom is -0.325 e. The van der Waals surface area contributed by atoms with E-state index in [-0.39, 0.29) is 4.90 Å². The summed E-state index contributed by atoms with van der Waals surface area (Å²) in [6, 6.07) is 4.98. The van der Waals surface area contributed by atoms with Crippen LogP contribution in [-0.4, -0.2) is 20.4 Å². The van der Waals surface area contributed by atoms with Crippen molar-refractivity contribution in [2.75, 3.05) is 5.32 Å². The topological polar surface area (TPSA) is 115 Å². The van der Waals surface area contributed by atoms with Crippen LogP contribution in [0.4, 0.5) is 5.69 Å². The number of anilines is 1. The van der Waals surface area contributed by atoms with Gasteiger partial charge in [0.05, 0.1) is 10.9 Å². The Kier molecular flexibility index (Phi) is 3.63. The molecule has 0 aliphatic rings. The summed E-state index contributed by atoms with van der Waals surface area (Å²) in [5, 5.41) is 7.42. The first-order valence-electron chi connectivity index (χ1n) is 4.50. The summed E-state index contributed by atoms with van der Waals surface area (Å²) in [7, 11) is -3.76. The predicted octanol–water partition coefficient (Wildman–Crippen LogP) is -0.380. The monoisotopic (exact) mass is 243 g/mol. The van der Waals surface area contributed by atoms with E-state index in [0.717, 1.165) is 0 Å². The van der Waals surface area contributed by atoms with Crippen molar-refractivity contribution < 1.29 is 13.2 Å². The molecule has 0 aliphatic heterocycles. The number of hydrogen-bond acceptors (Lipinski definition) is 4. The third-order valence-electron chi connectivity index (χ3n) is 1.84. The molecule has 1 aromatic carbocycles. The lowest BCUT2D eigenvalue weighted by molar-refractivity contribution is -0.117. The Labute approximate surface area is 93.7 Å². The van der Waals surface area contributed by atoms with Gasteiger partial charge in [-0.2, -0.15) is 0 Å². The van der Waals surface area contributed by atoms with E-state index in [1.165, 1.54) is 25.1 Å². The lowest BCUT2D eigenvalue weighted by atomic mass is 10.3. The summed E-state index contributed by atoms with van der Waals surface area (Å²) in [5.41, 5.74) is 5.69. The molecular weight excluding hydrogens is 230 g/mol. The maximum Gasteiger partial charge on any atom is 0.240 e. The summed E-state index contributed by atoms with van der Waals surface area (Å²) in [6.45, 7) is 1.53. The Balaban J connectivity index is 2.96. The van der Waals surface area contributed by atoms with Gasteiger partial charge >= 0.3 is 0 Å². The molecule has 5 N–H and O–H groups in total. The smallest absolute Gasteiger partial charge is 0.240 e. The minimum absolute atomic E-state index is 0.0602. The van der Waals surface area contributed by atoms with Gasteiger partial charge in [-0.3, -0.25) is 4.79 Å². The predicted molar refractivity (Wildman–Crippen MR) is 60.1 cm³/mol. The molecule has 1 aromatic rings. The van der Waals surface area contributed by atoms with Crippen LogP contribution < -0.4 is 16.2 Å². The van der Waals surface area contributed by atoms with Crippen LogP contribution in [0.15, 0.2) is 29.2 Å². The van der Waals surface area contributed by atoms with Crippen LogP contribution in [0.25, 0.3) is 0 Å². The van der Waals surface area contributed by atoms with Crippen LogP contribution in [0.1, 0.15) is 6.92 Å². The summed E-state index contributed by atoms with van der Waals surface area (Å²) in [6.07, 6.45) is 0. The Hall–Kier alpha value is -1.44. The van der Waals surface area contributed by atoms with Gasteiger partial charge in [-0.15, -0.1) is 0 Å². The van der Waals surface area contributed by atoms with Gasteiger partial charge < -0.3 is 11.1 Å². The largest absolute Gasteiger partial charge is 0.325 e. The van der Waals surface area contributed by atoms with E-state index < -0.39 is 22.0 Å². The molecule has 0 aliphatic carbocycles. The fraction of sp³-hybridized carbons (Fsp3) is 0.222. The van der Waals surface area contributed by atoms with Gasteiger partial charge in [-0.05, 0) is 25.1 Å². The zero-order valence-corrected chi connectivity index (χ0v) is 9.49. The van der Waals surface area contributed by atoms with E-state index in [0.29, 0.717) is 5.69 Å². The van der Waals surface area contributed by atoms with Crippen molar-refractivity contribution in [1.82, 2.24) is 0 Å². The van der Waals surface area contributed by atoms with E-state index in [1.807, 2.05) is 0 Å². The van der Waals surface area contributed by atoms with Crippen molar-refractivity contribution in [2.45, 2.75) is 17.9 Å². The highest BCUT2D eigenvalue weighted by Crippen LogP contribution is 2.13. The Morgan fingerprint density at radius 2 is 2.06 bits per heavy atom. The molecular formula is C9H13N3O3S. The van der Waals surface area contributed by atoms with E-state index in [2.05, 4.69) is 5.32 Å². The molecule has 0 saturated carbocycles. The number of hydrogen-bond donors (Lipinski definition) is 3. The average molecular weight is 243 g/mol. The number of sulfonamides is 1. The summed E-state index contributed by atoms with van der Waals surface area (Å²) in [4.78, 5) is 11.2. The summed E-state index contributed by atoms with van der Waals surface area (Å²) in [5.74, 6) is -0.397. The SMILES string of the molecule is C[C@H](N)C(=O)Nc1cccc(S(N)(=O)=O)c1. The van der Waals surface area contributed by atoms with Crippen molar-refractivity contribution >= 4 is 21.6 Å². The second-order valence-electron chi connectivity index (χ2n) is 3.35. The van der Waals surface area contributed by atoms with Gasteiger partial charge in [-0.25, -0.2) is 13.6 Å². The first kappa shape index (κ1) is 12.6. The van der Waals surface area contributed by atoms with Crippen molar-refractivity contribution in [1.29, 1.82) is 0 Å². The highest BCUT2D eigenvalue weighted by molar-refractivity contribution is 7.89. The third kappa shape index (κ3) is 3.30. The zero-order valence-electron chi connectivity index (χ0n) is 8.67. The van der Waals surface area contributed by atoms with Crippen molar-refractivity contribution in [3.05, 3.63) is 24.3 Å². The Morgan fingerprint density at radius 1 is 1.44 bits per heavy atom. The van der Waals surface area contributed by atoms with E-state index in [9.17, 15) is 13.2 Å². The van der Waals surface area contributed by atoms with Gasteiger partial charge in [0.15, 0.2) is 0 Å². The van der Waals surface area contributed by atoms with Crippen molar-refractivity contribution in [3.63, 3.8) is 0 Å².